The standard InChI is InChI=1S/C12H13N3S/c16-11-3-1-2-10(6-11)12-13-8-15(14-12)7-9-4-5-9/h1-3,6,8-9,16H,4-5,7H2/p+1. The zero-order chi connectivity index (χ0) is 11.0. The lowest BCUT2D eigenvalue weighted by atomic mass is 10.2. The first-order chi connectivity index (χ1) is 7.81. The van der Waals surface area contributed by atoms with Gasteiger partial charge in [0, 0.05) is 18.2 Å². The van der Waals surface area contributed by atoms with E-state index in [4.69, 9.17) is 0 Å². The van der Waals surface area contributed by atoms with Crippen LogP contribution in [0, 0.1) is 5.92 Å². The molecule has 16 heavy (non-hydrogen) atoms. The highest BCUT2D eigenvalue weighted by Crippen LogP contribution is 2.30. The van der Waals surface area contributed by atoms with Crippen molar-refractivity contribution >= 4 is 12.6 Å². The Labute approximate surface area is 99.9 Å². The summed E-state index contributed by atoms with van der Waals surface area (Å²) in [5.74, 6) is 1.64. The Balaban J connectivity index is 1.85. The predicted molar refractivity (Wildman–Crippen MR) is 66.6 cm³/mol. The third-order valence-electron chi connectivity index (χ3n) is 2.80. The lowest BCUT2D eigenvalue weighted by Crippen LogP contribution is -1.99. The minimum absolute atomic E-state index is 0.806. The second kappa shape index (κ2) is 3.94. The molecule has 0 amide bonds. The van der Waals surface area contributed by atoms with E-state index >= 15 is 0 Å². The normalized spacial score (nSPS) is 15.3. The summed E-state index contributed by atoms with van der Waals surface area (Å²) in [6.07, 6.45) is 4.51. The highest BCUT2D eigenvalue weighted by molar-refractivity contribution is 7.58. The van der Waals surface area contributed by atoms with Gasteiger partial charge in [-0.05, 0) is 37.5 Å². The van der Waals surface area contributed by atoms with Gasteiger partial charge in [0.25, 0.3) is 0 Å². The van der Waals surface area contributed by atoms with Crippen molar-refractivity contribution in [1.82, 2.24) is 14.8 Å². The Kier molecular flexibility index (Phi) is 2.44. The minimum atomic E-state index is 0.806. The number of benzene rings is 1. The van der Waals surface area contributed by atoms with E-state index in [2.05, 4.69) is 22.7 Å². The average molecular weight is 232 g/mol. The zero-order valence-electron chi connectivity index (χ0n) is 8.93. The predicted octanol–water partition coefficient (Wildman–Crippen LogP) is 1.73. The number of aromatic nitrogens is 3. The van der Waals surface area contributed by atoms with Gasteiger partial charge in [-0.2, -0.15) is 5.10 Å². The lowest BCUT2D eigenvalue weighted by molar-refractivity contribution is 0.563. The van der Waals surface area contributed by atoms with E-state index in [1.165, 1.54) is 12.8 Å². The van der Waals surface area contributed by atoms with E-state index in [1.807, 2.05) is 35.3 Å². The van der Waals surface area contributed by atoms with Crippen molar-refractivity contribution in [1.29, 1.82) is 0 Å². The van der Waals surface area contributed by atoms with Crippen molar-refractivity contribution in [3.63, 3.8) is 0 Å². The molecule has 1 heterocycles. The van der Waals surface area contributed by atoms with Gasteiger partial charge in [0.1, 0.15) is 6.33 Å². The first-order valence-electron chi connectivity index (χ1n) is 5.53. The van der Waals surface area contributed by atoms with Crippen LogP contribution in [-0.2, 0) is 19.2 Å². The molecule has 1 aromatic heterocycles. The molecule has 4 heteroatoms. The van der Waals surface area contributed by atoms with Crippen molar-refractivity contribution in [2.75, 3.05) is 0 Å². The van der Waals surface area contributed by atoms with Crippen molar-refractivity contribution in [3.8, 4) is 11.4 Å². The van der Waals surface area contributed by atoms with Gasteiger partial charge in [0.05, 0.1) is 0 Å². The van der Waals surface area contributed by atoms with Crippen LogP contribution in [0.4, 0.5) is 0 Å². The largest absolute Gasteiger partial charge is 0.252 e. The van der Waals surface area contributed by atoms with E-state index in [0.717, 1.165) is 28.7 Å². The second-order valence-electron chi connectivity index (χ2n) is 4.31. The number of nitrogens with zero attached hydrogens (tertiary/aromatic N) is 3. The molecule has 1 aliphatic carbocycles. The minimum Gasteiger partial charge on any atom is -0.252 e. The summed E-state index contributed by atoms with van der Waals surface area (Å²) in [5, 5.41) is 4.49. The molecule has 0 N–H and O–H groups in total. The Morgan fingerprint density at radius 1 is 1.38 bits per heavy atom. The quantitative estimate of drug-likeness (QED) is 0.754. The van der Waals surface area contributed by atoms with E-state index in [-0.39, 0.29) is 0 Å². The molecule has 0 bridgehead atoms. The van der Waals surface area contributed by atoms with E-state index in [9.17, 15) is 0 Å². The summed E-state index contributed by atoms with van der Waals surface area (Å²) in [5.41, 5.74) is 1.06. The third-order valence-corrected chi connectivity index (χ3v) is 3.11. The van der Waals surface area contributed by atoms with Crippen molar-refractivity contribution in [2.45, 2.75) is 24.3 Å². The topological polar surface area (TPSA) is 30.7 Å². The van der Waals surface area contributed by atoms with E-state index in [0.29, 0.717) is 0 Å². The average Bonchev–Trinajstić information content (AvgIpc) is 2.94. The molecule has 1 fully saturated rings. The number of hydrogen-bond acceptors (Lipinski definition) is 2. The van der Waals surface area contributed by atoms with Crippen molar-refractivity contribution in [2.24, 2.45) is 5.92 Å². The van der Waals surface area contributed by atoms with Crippen LogP contribution in [-0.4, -0.2) is 14.8 Å². The van der Waals surface area contributed by atoms with Crippen LogP contribution in [0.3, 0.4) is 0 Å². The maximum Gasteiger partial charge on any atom is 0.181 e. The molecule has 0 atom stereocenters. The maximum atomic E-state index is 4.49. The van der Waals surface area contributed by atoms with E-state index in [1.54, 1.807) is 0 Å². The molecule has 1 saturated carbocycles. The molecule has 0 spiro atoms. The number of hydrogen-bond donors (Lipinski definition) is 0. The van der Waals surface area contributed by atoms with Gasteiger partial charge >= 0.3 is 0 Å². The molecule has 3 nitrogen and oxygen atoms in total. The molecule has 0 radical (unpaired) electrons. The summed E-state index contributed by atoms with van der Waals surface area (Å²) in [6.45, 7) is 1.01. The van der Waals surface area contributed by atoms with Gasteiger partial charge in [-0.3, -0.25) is 4.68 Å². The molecular weight excluding hydrogens is 218 g/mol. The first kappa shape index (κ1) is 9.90. The van der Waals surface area contributed by atoms with Gasteiger partial charge in [0.2, 0.25) is 0 Å². The van der Waals surface area contributed by atoms with Crippen LogP contribution in [0.15, 0.2) is 35.5 Å². The summed E-state index contributed by atoms with van der Waals surface area (Å²) in [4.78, 5) is 5.39. The molecule has 82 valence electrons. The first-order valence-corrected chi connectivity index (χ1v) is 6.03. The summed E-state index contributed by atoms with van der Waals surface area (Å²) >= 11 is 3.50. The van der Waals surface area contributed by atoms with Crippen LogP contribution in [0.25, 0.3) is 11.4 Å². The summed E-state index contributed by atoms with van der Waals surface area (Å²) in [7, 11) is 0. The van der Waals surface area contributed by atoms with Gasteiger partial charge in [-0.1, -0.05) is 12.1 Å². The molecular formula is C12H14N3S+. The monoisotopic (exact) mass is 232 g/mol. The van der Waals surface area contributed by atoms with Crippen LogP contribution >= 0.6 is 0 Å². The van der Waals surface area contributed by atoms with Crippen LogP contribution in [0.1, 0.15) is 12.8 Å². The lowest BCUT2D eigenvalue weighted by Gasteiger charge is -1.96. The molecule has 0 aliphatic heterocycles. The van der Waals surface area contributed by atoms with Gasteiger partial charge < -0.3 is 0 Å². The molecule has 1 aliphatic rings. The second-order valence-corrected chi connectivity index (χ2v) is 4.89. The highest BCUT2D eigenvalue weighted by atomic mass is 32.1. The zero-order valence-corrected chi connectivity index (χ0v) is 9.93. The van der Waals surface area contributed by atoms with Crippen LogP contribution in [0.5, 0.6) is 0 Å². The maximum absolute atomic E-state index is 4.49. The fourth-order valence-electron chi connectivity index (χ4n) is 1.74. The summed E-state index contributed by atoms with van der Waals surface area (Å²) < 4.78 is 1.95. The molecule has 2 aromatic rings. The number of rotatable bonds is 3. The highest BCUT2D eigenvalue weighted by Gasteiger charge is 2.22. The summed E-state index contributed by atoms with van der Waals surface area (Å²) in [6, 6.07) is 8.06. The van der Waals surface area contributed by atoms with Gasteiger partial charge in [-0.25, -0.2) is 4.98 Å². The molecule has 0 unspecified atom stereocenters. The molecule has 1 aromatic carbocycles. The molecule has 3 rings (SSSR count). The Morgan fingerprint density at radius 2 is 2.25 bits per heavy atom. The van der Waals surface area contributed by atoms with Crippen LogP contribution in [0.2, 0.25) is 0 Å². The fourth-order valence-corrected chi connectivity index (χ4v) is 1.99. The SMILES string of the molecule is [SH2+]c1cccc(-c2ncn(CC3CC3)n2)c1. The van der Waals surface area contributed by atoms with Crippen LogP contribution < -0.4 is 0 Å². The van der Waals surface area contributed by atoms with Crippen molar-refractivity contribution in [3.05, 3.63) is 30.6 Å². The smallest absolute Gasteiger partial charge is 0.181 e. The Hall–Kier alpha value is -1.29. The van der Waals surface area contributed by atoms with Gasteiger partial charge in [0.15, 0.2) is 10.7 Å². The Morgan fingerprint density at radius 3 is 3.00 bits per heavy atom. The molecule has 0 saturated heterocycles. The van der Waals surface area contributed by atoms with E-state index < -0.39 is 0 Å². The van der Waals surface area contributed by atoms with Gasteiger partial charge in [-0.15, -0.1) is 0 Å². The van der Waals surface area contributed by atoms with Crippen molar-refractivity contribution < 1.29 is 0 Å². The third kappa shape index (κ3) is 2.11. The fraction of sp³-hybridized carbons (Fsp3) is 0.333. The Bertz CT molecular complexity index is 502.